The van der Waals surface area contributed by atoms with Crippen LogP contribution in [0.1, 0.15) is 72.6 Å². The maximum atomic E-state index is 13.6. The van der Waals surface area contributed by atoms with Gasteiger partial charge in [0.05, 0.1) is 43.4 Å². The van der Waals surface area contributed by atoms with Gasteiger partial charge in [-0.05, 0) is 69.2 Å². The Bertz CT molecular complexity index is 2090. The van der Waals surface area contributed by atoms with Crippen molar-refractivity contribution in [3.8, 4) is 11.4 Å². The number of allylic oxidation sites excluding steroid dienone is 2. The molecule has 0 saturated heterocycles. The molecule has 2 atom stereocenters. The Morgan fingerprint density at radius 1 is 0.735 bits per heavy atom. The summed E-state index contributed by atoms with van der Waals surface area (Å²) in [6, 6.07) is 5.58. The molecule has 16 heteroatoms. The molecule has 4 aromatic rings. The second-order valence-electron chi connectivity index (χ2n) is 10.6. The van der Waals surface area contributed by atoms with Gasteiger partial charge in [-0.15, -0.1) is 5.73 Å². The van der Waals surface area contributed by atoms with Crippen LogP contribution in [0.3, 0.4) is 0 Å². The molecule has 0 aliphatic carbocycles. The van der Waals surface area contributed by atoms with Gasteiger partial charge in [0, 0.05) is 10.0 Å². The van der Waals surface area contributed by atoms with Crippen LogP contribution >= 0.6 is 69.6 Å². The zero-order chi connectivity index (χ0) is 36.2. The second-order valence-corrected chi connectivity index (χ2v) is 13.1. The van der Waals surface area contributed by atoms with E-state index in [1.165, 1.54) is 48.6 Å². The van der Waals surface area contributed by atoms with E-state index in [4.69, 9.17) is 79.1 Å². The summed E-state index contributed by atoms with van der Waals surface area (Å²) < 4.78 is 12.9. The van der Waals surface area contributed by atoms with E-state index in [2.05, 4.69) is 15.9 Å². The molecule has 0 bridgehead atoms. The molecule has 0 radical (unpaired) electrons. The fourth-order valence-electron chi connectivity index (χ4n) is 4.29. The van der Waals surface area contributed by atoms with Crippen molar-refractivity contribution < 1.29 is 19.1 Å². The van der Waals surface area contributed by atoms with Crippen molar-refractivity contribution in [3.05, 3.63) is 116 Å². The molecule has 2 N–H and O–H groups in total. The number of benzene rings is 2. The van der Waals surface area contributed by atoms with Crippen LogP contribution in [0.5, 0.6) is 0 Å². The van der Waals surface area contributed by atoms with E-state index >= 15 is 0 Å². The summed E-state index contributed by atoms with van der Waals surface area (Å²) in [5, 5.41) is 6.18. The third kappa shape index (κ3) is 8.59. The molecule has 2 unspecified atom stereocenters. The first kappa shape index (κ1) is 38.2. The van der Waals surface area contributed by atoms with Crippen molar-refractivity contribution in [2.24, 2.45) is 0 Å². The molecular weight excluding hydrogens is 761 g/mol. The smallest absolute Gasteiger partial charge is 0.357 e. The van der Waals surface area contributed by atoms with Crippen LogP contribution in [0.4, 0.5) is 0 Å². The van der Waals surface area contributed by atoms with E-state index in [1.54, 1.807) is 13.8 Å². The number of hydrogen-bond acceptors (Lipinski definition) is 6. The third-order valence-electron chi connectivity index (χ3n) is 7.12. The number of carbonyl (C=O) groups is 2. The zero-order valence-corrected chi connectivity index (χ0v) is 30.8. The van der Waals surface area contributed by atoms with Crippen LogP contribution in [0.2, 0.25) is 30.1 Å². The maximum Gasteiger partial charge on any atom is 0.357 e. The molecule has 49 heavy (non-hydrogen) atoms. The number of hydrogen-bond donors (Lipinski definition) is 2. The number of aromatic amines is 2. The minimum atomic E-state index is -0.799. The lowest BCUT2D eigenvalue weighted by Gasteiger charge is -2.10. The second kappa shape index (κ2) is 16.4. The van der Waals surface area contributed by atoms with Crippen molar-refractivity contribution in [3.63, 3.8) is 0 Å². The van der Waals surface area contributed by atoms with Crippen LogP contribution in [0, 0.1) is 0 Å². The molecule has 0 aliphatic heterocycles. The summed E-state index contributed by atoms with van der Waals surface area (Å²) in [4.78, 5) is 53.3. The number of H-pyrrole nitrogens is 2. The molecule has 2 heterocycles. The number of esters is 2. The van der Waals surface area contributed by atoms with Gasteiger partial charge in [-0.2, -0.15) is 0 Å². The number of ether oxygens (including phenoxy) is 2. The van der Waals surface area contributed by atoms with Crippen LogP contribution in [0.25, 0.3) is 23.5 Å². The van der Waals surface area contributed by atoms with Crippen LogP contribution in [0.15, 0.2) is 51.7 Å². The monoisotopic (exact) mass is 786 g/mol. The molecule has 0 spiro atoms. The molecule has 0 amide bonds. The van der Waals surface area contributed by atoms with Gasteiger partial charge in [-0.1, -0.05) is 89.5 Å². The Labute approximate surface area is 310 Å². The first-order chi connectivity index (χ1) is 23.2. The van der Waals surface area contributed by atoms with Gasteiger partial charge in [0.25, 0.3) is 11.1 Å². The van der Waals surface area contributed by atoms with Crippen molar-refractivity contribution >= 4 is 93.7 Å². The van der Waals surface area contributed by atoms with Crippen LogP contribution in [-0.4, -0.2) is 43.7 Å². The quantitative estimate of drug-likeness (QED) is 0.0886. The third-order valence-corrected chi connectivity index (χ3v) is 8.71. The Hall–Kier alpha value is -3.60. The van der Waals surface area contributed by atoms with Crippen molar-refractivity contribution in [1.82, 2.24) is 19.6 Å². The number of aromatic nitrogens is 4. The van der Waals surface area contributed by atoms with Gasteiger partial charge in [0.1, 0.15) is 11.4 Å². The van der Waals surface area contributed by atoms with E-state index in [-0.39, 0.29) is 64.0 Å². The lowest BCUT2D eigenvalue weighted by atomic mass is 10.2. The first-order valence-electron chi connectivity index (χ1n) is 14.7. The van der Waals surface area contributed by atoms with Crippen LogP contribution in [-0.2, 0) is 9.47 Å². The van der Waals surface area contributed by atoms with Gasteiger partial charge in [-0.3, -0.25) is 19.8 Å². The molecule has 258 valence electrons. The Balaban J connectivity index is 1.80. The summed E-state index contributed by atoms with van der Waals surface area (Å²) in [7, 11) is 0. The molecule has 2 aromatic carbocycles. The van der Waals surface area contributed by atoms with E-state index in [0.717, 1.165) is 9.36 Å². The highest BCUT2D eigenvalue weighted by Crippen LogP contribution is 2.33. The Morgan fingerprint density at radius 3 is 1.53 bits per heavy atom. The summed E-state index contributed by atoms with van der Waals surface area (Å²) in [6.45, 7) is 7.09. The lowest BCUT2D eigenvalue weighted by molar-refractivity contribution is 0.0317. The molecule has 0 fully saturated rings. The Morgan fingerprint density at radius 2 is 1.12 bits per heavy atom. The standard InChI is InChI=1S/C33H28Cl6N4O6/c1-5-16(3)48-32(46)26-20(30(44)42(40-26)28-22(36)12-18(34)13-23(28)37)10-8-7-9-11-21-27(33(47)49-17(4)6-2)41-43(31(21)45)29-24(38)14-19(35)15-25(29)39/h7-8,10-17,40-41H,5-6H2,1-4H3. The largest absolute Gasteiger partial charge is 0.458 e. The normalized spacial score (nSPS) is 12.4. The number of halogens is 6. The van der Waals surface area contributed by atoms with Gasteiger partial charge >= 0.3 is 11.9 Å². The van der Waals surface area contributed by atoms with Gasteiger partial charge < -0.3 is 9.47 Å². The molecule has 10 nitrogen and oxygen atoms in total. The summed E-state index contributed by atoms with van der Waals surface area (Å²) in [5.74, 6) is -1.59. The average Bonchev–Trinajstić information content (AvgIpc) is 3.52. The minimum absolute atomic E-state index is 0.0534. The number of nitrogens with one attached hydrogen (secondary N) is 2. The van der Waals surface area contributed by atoms with E-state index < -0.39 is 35.3 Å². The van der Waals surface area contributed by atoms with E-state index in [0.29, 0.717) is 12.8 Å². The highest BCUT2D eigenvalue weighted by Gasteiger charge is 2.25. The van der Waals surface area contributed by atoms with E-state index in [1.807, 2.05) is 13.8 Å². The zero-order valence-electron chi connectivity index (χ0n) is 26.3. The van der Waals surface area contributed by atoms with Gasteiger partial charge in [-0.25, -0.2) is 19.0 Å². The number of carbonyl (C=O) groups excluding carboxylic acids is 2. The topological polar surface area (TPSA) is 128 Å². The first-order valence-corrected chi connectivity index (χ1v) is 17.0. The van der Waals surface area contributed by atoms with Gasteiger partial charge in [0.2, 0.25) is 0 Å². The molecule has 2 aromatic heterocycles. The van der Waals surface area contributed by atoms with E-state index in [9.17, 15) is 19.2 Å². The highest BCUT2D eigenvalue weighted by atomic mass is 35.5. The van der Waals surface area contributed by atoms with Gasteiger partial charge in [0.15, 0.2) is 11.4 Å². The summed E-state index contributed by atoms with van der Waals surface area (Å²) in [6.07, 6.45) is 5.51. The maximum absolute atomic E-state index is 13.6. The average molecular weight is 789 g/mol. The fraction of sp³-hybridized carbons (Fsp3) is 0.242. The SMILES string of the molecule is CCC(C)OC(=O)c1[nH]n(-c2c(Cl)cc(Cl)cc2Cl)c(=O)c1C=C=CC=Cc1c(C(=O)OC(C)CC)[nH]n(-c2c(Cl)cc(Cl)cc2Cl)c1=O. The van der Waals surface area contributed by atoms with Crippen molar-refractivity contribution in [1.29, 1.82) is 0 Å². The molecule has 0 aliphatic rings. The van der Waals surface area contributed by atoms with Crippen LogP contribution < -0.4 is 11.1 Å². The predicted molar refractivity (Wildman–Crippen MR) is 195 cm³/mol. The number of rotatable bonds is 11. The van der Waals surface area contributed by atoms with Crippen molar-refractivity contribution in [2.75, 3.05) is 0 Å². The molecule has 4 rings (SSSR count). The Kier molecular flexibility index (Phi) is 12.8. The molecule has 0 saturated carbocycles. The highest BCUT2D eigenvalue weighted by molar-refractivity contribution is 6.41. The predicted octanol–water partition coefficient (Wildman–Crippen LogP) is 9.36. The number of nitrogens with zero attached hydrogens (tertiary/aromatic N) is 2. The fourth-order valence-corrected chi connectivity index (χ4v) is 6.26. The van der Waals surface area contributed by atoms with Crippen molar-refractivity contribution in [2.45, 2.75) is 52.7 Å². The molecular formula is C33H28Cl6N4O6. The minimum Gasteiger partial charge on any atom is -0.458 e. The summed E-state index contributed by atoms with van der Waals surface area (Å²) in [5.41, 5.74) is 1.04. The summed E-state index contributed by atoms with van der Waals surface area (Å²) >= 11 is 37.5. The lowest BCUT2D eigenvalue weighted by Crippen LogP contribution is -2.17.